The van der Waals surface area contributed by atoms with Crippen molar-refractivity contribution in [1.29, 1.82) is 0 Å². The normalized spacial score (nSPS) is 15.0. The first kappa shape index (κ1) is 20.5. The van der Waals surface area contributed by atoms with Gasteiger partial charge >= 0.3 is 0 Å². The van der Waals surface area contributed by atoms with Crippen molar-refractivity contribution in [2.75, 3.05) is 25.6 Å². The minimum Gasteiger partial charge on any atom is -0.497 e. The van der Waals surface area contributed by atoms with Gasteiger partial charge in [0.05, 0.1) is 23.9 Å². The second-order valence-corrected chi connectivity index (χ2v) is 9.62. The highest BCUT2D eigenvalue weighted by atomic mass is 32.2. The molecular formula is C21H22N4O3S2. The van der Waals surface area contributed by atoms with Gasteiger partial charge in [-0.05, 0) is 54.8 Å². The lowest BCUT2D eigenvalue weighted by Gasteiger charge is -2.15. The highest BCUT2D eigenvalue weighted by molar-refractivity contribution is 7.89. The van der Waals surface area contributed by atoms with E-state index in [1.807, 2.05) is 35.7 Å². The van der Waals surface area contributed by atoms with Crippen molar-refractivity contribution >= 4 is 32.7 Å². The number of thiazole rings is 1. The number of ether oxygens (including phenoxy) is 1. The van der Waals surface area contributed by atoms with Crippen molar-refractivity contribution in [3.05, 3.63) is 59.5 Å². The Morgan fingerprint density at radius 1 is 1.17 bits per heavy atom. The second kappa shape index (κ2) is 8.95. The summed E-state index contributed by atoms with van der Waals surface area (Å²) < 4.78 is 32.3. The number of rotatable bonds is 7. The van der Waals surface area contributed by atoms with Gasteiger partial charge in [0.25, 0.3) is 0 Å². The zero-order valence-electron chi connectivity index (χ0n) is 16.5. The number of methoxy groups -OCH3 is 1. The number of nitrogens with one attached hydrogen (secondary N) is 1. The van der Waals surface area contributed by atoms with Crippen molar-refractivity contribution < 1.29 is 13.2 Å². The van der Waals surface area contributed by atoms with Crippen LogP contribution in [0.5, 0.6) is 5.75 Å². The molecule has 0 atom stereocenters. The van der Waals surface area contributed by atoms with Crippen LogP contribution in [0, 0.1) is 0 Å². The molecule has 7 nitrogen and oxygen atoms in total. The fourth-order valence-corrected chi connectivity index (χ4v) is 5.44. The summed E-state index contributed by atoms with van der Waals surface area (Å²) in [5, 5.41) is 6.72. The number of nitrogens with zero attached hydrogens (tertiary/aromatic N) is 3. The molecule has 1 N–H and O–H groups in total. The third kappa shape index (κ3) is 4.53. The van der Waals surface area contributed by atoms with Crippen LogP contribution in [-0.4, -0.2) is 44.1 Å². The molecule has 156 valence electrons. The molecule has 0 bridgehead atoms. The van der Waals surface area contributed by atoms with Gasteiger partial charge in [-0.1, -0.05) is 12.1 Å². The first-order valence-electron chi connectivity index (χ1n) is 9.55. The third-order valence-electron chi connectivity index (χ3n) is 4.83. The lowest BCUT2D eigenvalue weighted by molar-refractivity contribution is 0.415. The van der Waals surface area contributed by atoms with Gasteiger partial charge in [0.15, 0.2) is 0 Å². The minimum absolute atomic E-state index is 0.307. The number of hydrogen-bond donors (Lipinski definition) is 1. The Morgan fingerprint density at radius 2 is 1.93 bits per heavy atom. The monoisotopic (exact) mass is 442 g/mol. The molecule has 1 fully saturated rings. The van der Waals surface area contributed by atoms with Crippen molar-refractivity contribution in [3.8, 4) is 17.0 Å². The maximum Gasteiger partial charge on any atom is 0.243 e. The second-order valence-electron chi connectivity index (χ2n) is 6.82. The van der Waals surface area contributed by atoms with Gasteiger partial charge in [-0.3, -0.25) is 5.43 Å². The number of aromatic nitrogens is 1. The van der Waals surface area contributed by atoms with Gasteiger partial charge in [-0.2, -0.15) is 9.41 Å². The van der Waals surface area contributed by atoms with Crippen LogP contribution in [0.1, 0.15) is 18.4 Å². The van der Waals surface area contributed by atoms with Crippen molar-refractivity contribution in [1.82, 2.24) is 9.29 Å². The molecule has 0 radical (unpaired) electrons. The van der Waals surface area contributed by atoms with E-state index < -0.39 is 10.0 Å². The Labute approximate surface area is 180 Å². The van der Waals surface area contributed by atoms with E-state index >= 15 is 0 Å². The average molecular weight is 443 g/mol. The van der Waals surface area contributed by atoms with E-state index in [0.717, 1.165) is 29.7 Å². The Balaban J connectivity index is 1.46. The van der Waals surface area contributed by atoms with E-state index in [2.05, 4.69) is 15.5 Å². The molecule has 1 aromatic heterocycles. The van der Waals surface area contributed by atoms with E-state index in [-0.39, 0.29) is 0 Å². The molecule has 4 rings (SSSR count). The SMILES string of the molecule is COc1ccc(/C=N/Nc2nc(-c3cccc(S(=O)(=O)N4CCCC4)c3)cs2)cc1. The third-order valence-corrected chi connectivity index (χ3v) is 7.47. The van der Waals surface area contributed by atoms with Crippen molar-refractivity contribution in [3.63, 3.8) is 0 Å². The van der Waals surface area contributed by atoms with Gasteiger partial charge in [0, 0.05) is 24.0 Å². The Morgan fingerprint density at radius 3 is 2.67 bits per heavy atom. The van der Waals surface area contributed by atoms with E-state index in [1.54, 1.807) is 35.8 Å². The van der Waals surface area contributed by atoms with Gasteiger partial charge in [0.2, 0.25) is 15.2 Å². The fourth-order valence-electron chi connectivity index (χ4n) is 3.20. The first-order valence-corrected chi connectivity index (χ1v) is 11.9. The highest BCUT2D eigenvalue weighted by Gasteiger charge is 2.27. The molecule has 30 heavy (non-hydrogen) atoms. The molecule has 2 aromatic carbocycles. The van der Waals surface area contributed by atoms with Crippen LogP contribution >= 0.6 is 11.3 Å². The lowest BCUT2D eigenvalue weighted by atomic mass is 10.2. The Bertz CT molecular complexity index is 1140. The van der Waals surface area contributed by atoms with Crippen LogP contribution in [0.4, 0.5) is 5.13 Å². The summed E-state index contributed by atoms with van der Waals surface area (Å²) in [5.74, 6) is 0.790. The van der Waals surface area contributed by atoms with Crippen LogP contribution in [0.3, 0.4) is 0 Å². The molecule has 1 aliphatic heterocycles. The lowest BCUT2D eigenvalue weighted by Crippen LogP contribution is -2.27. The summed E-state index contributed by atoms with van der Waals surface area (Å²) in [6, 6.07) is 14.5. The maximum atomic E-state index is 12.8. The summed E-state index contributed by atoms with van der Waals surface area (Å²) in [5.41, 5.74) is 5.32. The van der Waals surface area contributed by atoms with Gasteiger partial charge in [-0.15, -0.1) is 11.3 Å². The zero-order chi connectivity index (χ0) is 21.0. The van der Waals surface area contributed by atoms with Gasteiger partial charge in [0.1, 0.15) is 5.75 Å². The van der Waals surface area contributed by atoms with Crippen LogP contribution < -0.4 is 10.2 Å². The number of anilines is 1. The Hall–Kier alpha value is -2.75. The van der Waals surface area contributed by atoms with Crippen LogP contribution in [-0.2, 0) is 10.0 Å². The largest absolute Gasteiger partial charge is 0.497 e. The summed E-state index contributed by atoms with van der Waals surface area (Å²) in [6.07, 6.45) is 3.53. The topological polar surface area (TPSA) is 83.9 Å². The summed E-state index contributed by atoms with van der Waals surface area (Å²) in [4.78, 5) is 4.83. The van der Waals surface area contributed by atoms with Crippen LogP contribution in [0.25, 0.3) is 11.3 Å². The van der Waals surface area contributed by atoms with Gasteiger partial charge in [-0.25, -0.2) is 13.4 Å². The Kier molecular flexibility index (Phi) is 6.12. The van der Waals surface area contributed by atoms with E-state index in [1.165, 1.54) is 11.3 Å². The summed E-state index contributed by atoms with van der Waals surface area (Å²) in [6.45, 7) is 1.17. The summed E-state index contributed by atoms with van der Waals surface area (Å²) in [7, 11) is -1.82. The number of benzene rings is 2. The molecule has 3 aromatic rings. The molecule has 9 heteroatoms. The predicted molar refractivity (Wildman–Crippen MR) is 120 cm³/mol. The molecule has 1 saturated heterocycles. The fraction of sp³-hybridized carbons (Fsp3) is 0.238. The highest BCUT2D eigenvalue weighted by Crippen LogP contribution is 2.28. The smallest absolute Gasteiger partial charge is 0.243 e. The van der Waals surface area contributed by atoms with E-state index in [0.29, 0.717) is 28.8 Å². The number of hydrazone groups is 1. The molecule has 0 unspecified atom stereocenters. The molecule has 1 aliphatic rings. The predicted octanol–water partition coefficient (Wildman–Crippen LogP) is 4.05. The minimum atomic E-state index is -3.45. The quantitative estimate of drug-likeness (QED) is 0.441. The molecule has 0 aliphatic carbocycles. The maximum absolute atomic E-state index is 12.8. The zero-order valence-corrected chi connectivity index (χ0v) is 18.1. The van der Waals surface area contributed by atoms with Gasteiger partial charge < -0.3 is 4.74 Å². The van der Waals surface area contributed by atoms with E-state index in [9.17, 15) is 8.42 Å². The standard InChI is InChI=1S/C21H22N4O3S2/c1-28-18-9-7-16(8-10-18)14-22-24-21-23-20(15-29-21)17-5-4-6-19(13-17)30(26,27)25-11-2-3-12-25/h4-10,13-15H,2-3,11-12H2,1H3,(H,23,24)/b22-14+. The number of sulfonamides is 1. The molecule has 2 heterocycles. The molecule has 0 saturated carbocycles. The van der Waals surface area contributed by atoms with Crippen molar-refractivity contribution in [2.24, 2.45) is 5.10 Å². The summed E-state index contributed by atoms with van der Waals surface area (Å²) >= 11 is 1.41. The molecule has 0 spiro atoms. The van der Waals surface area contributed by atoms with Crippen LogP contribution in [0.15, 0.2) is 63.9 Å². The molecular weight excluding hydrogens is 420 g/mol. The molecule has 0 amide bonds. The first-order chi connectivity index (χ1) is 14.6. The van der Waals surface area contributed by atoms with Crippen LogP contribution in [0.2, 0.25) is 0 Å². The van der Waals surface area contributed by atoms with E-state index in [4.69, 9.17) is 4.74 Å². The number of hydrogen-bond acceptors (Lipinski definition) is 7. The van der Waals surface area contributed by atoms with Crippen molar-refractivity contribution in [2.45, 2.75) is 17.7 Å². The average Bonchev–Trinajstić information content (AvgIpc) is 3.47.